The lowest BCUT2D eigenvalue weighted by Crippen LogP contribution is -2.37. The van der Waals surface area contributed by atoms with Gasteiger partial charge in [-0.2, -0.15) is 0 Å². The Balaban J connectivity index is 4.34. The van der Waals surface area contributed by atoms with E-state index in [1.165, 1.54) is 6.42 Å². The van der Waals surface area contributed by atoms with Crippen molar-refractivity contribution in [3.05, 3.63) is 24.3 Å². The zero-order chi connectivity index (χ0) is 28.7. The lowest BCUT2D eigenvalue weighted by molar-refractivity contribution is -0.870. The molecular formula is C28H52NO8P. The van der Waals surface area contributed by atoms with Gasteiger partial charge in [0.15, 0.2) is 6.10 Å². The molecule has 0 heterocycles. The maximum Gasteiger partial charge on any atom is 0.306 e. The molecule has 0 aliphatic heterocycles. The van der Waals surface area contributed by atoms with Gasteiger partial charge in [0.05, 0.1) is 27.7 Å². The molecule has 0 saturated carbocycles. The number of nitrogens with zero attached hydrogens (tertiary/aromatic N) is 1. The average Bonchev–Trinajstić information content (AvgIpc) is 2.83. The van der Waals surface area contributed by atoms with Crippen LogP contribution >= 0.6 is 7.82 Å². The molecule has 0 fully saturated rings. The SMILES string of the molecule is CCC/C=C\C/C=C\CCCCCCCC(=O)OC(COC(=O)CCC)COP(=O)([O-])OCC[N+](C)(C)C. The molecule has 222 valence electrons. The Bertz CT molecular complexity index is 733. The standard InChI is InChI=1S/C28H52NO8P/c1-6-8-9-10-11-12-13-14-15-16-17-18-19-21-28(31)37-26(24-34-27(30)20-7-2)25-36-38(32,33)35-23-22-29(3,4)5/h9-10,12-13,26H,6-8,11,14-25H2,1-5H3/b10-9-,13-12-. The van der Waals surface area contributed by atoms with Gasteiger partial charge in [0.2, 0.25) is 0 Å². The first-order valence-electron chi connectivity index (χ1n) is 14.0. The fourth-order valence-electron chi connectivity index (χ4n) is 3.20. The van der Waals surface area contributed by atoms with Crippen molar-refractivity contribution in [2.45, 2.75) is 97.0 Å². The molecule has 2 unspecified atom stereocenters. The highest BCUT2D eigenvalue weighted by Crippen LogP contribution is 2.38. The molecule has 2 atom stereocenters. The molecule has 0 amide bonds. The van der Waals surface area contributed by atoms with E-state index in [1.54, 1.807) is 0 Å². The van der Waals surface area contributed by atoms with Gasteiger partial charge in [-0.05, 0) is 38.5 Å². The molecular weight excluding hydrogens is 509 g/mol. The van der Waals surface area contributed by atoms with Crippen LogP contribution in [0, 0.1) is 0 Å². The van der Waals surface area contributed by atoms with E-state index < -0.39 is 32.5 Å². The molecule has 0 bridgehead atoms. The zero-order valence-electron chi connectivity index (χ0n) is 24.4. The molecule has 38 heavy (non-hydrogen) atoms. The van der Waals surface area contributed by atoms with E-state index in [2.05, 4.69) is 31.2 Å². The maximum absolute atomic E-state index is 12.3. The predicted octanol–water partition coefficient (Wildman–Crippen LogP) is 5.48. The third-order valence-electron chi connectivity index (χ3n) is 5.43. The summed E-state index contributed by atoms with van der Waals surface area (Å²) in [5, 5.41) is 0. The quantitative estimate of drug-likeness (QED) is 0.0501. The highest BCUT2D eigenvalue weighted by Gasteiger charge is 2.21. The number of rotatable bonds is 24. The van der Waals surface area contributed by atoms with Crippen LogP contribution in [0.3, 0.4) is 0 Å². The Morgan fingerprint density at radius 1 is 0.816 bits per heavy atom. The number of carbonyl (C=O) groups excluding carboxylic acids is 2. The molecule has 0 spiro atoms. The van der Waals surface area contributed by atoms with Gasteiger partial charge in [-0.15, -0.1) is 0 Å². The van der Waals surface area contributed by atoms with Crippen LogP contribution in [0.4, 0.5) is 0 Å². The molecule has 0 aliphatic carbocycles. The largest absolute Gasteiger partial charge is 0.756 e. The summed E-state index contributed by atoms with van der Waals surface area (Å²) in [7, 11) is 1.14. The molecule has 0 aromatic heterocycles. The van der Waals surface area contributed by atoms with E-state index >= 15 is 0 Å². The van der Waals surface area contributed by atoms with Gasteiger partial charge in [-0.25, -0.2) is 0 Å². The Morgan fingerprint density at radius 2 is 1.47 bits per heavy atom. The van der Waals surface area contributed by atoms with Crippen LogP contribution in [0.5, 0.6) is 0 Å². The van der Waals surface area contributed by atoms with Gasteiger partial charge in [0, 0.05) is 12.8 Å². The molecule has 0 radical (unpaired) electrons. The number of quaternary nitrogens is 1. The van der Waals surface area contributed by atoms with E-state index in [0.717, 1.165) is 44.9 Å². The van der Waals surface area contributed by atoms with Gasteiger partial charge in [0.1, 0.15) is 19.8 Å². The van der Waals surface area contributed by atoms with E-state index in [9.17, 15) is 19.0 Å². The van der Waals surface area contributed by atoms with E-state index in [1.807, 2.05) is 28.1 Å². The van der Waals surface area contributed by atoms with Crippen molar-refractivity contribution >= 4 is 19.8 Å². The average molecular weight is 562 g/mol. The van der Waals surface area contributed by atoms with Crippen molar-refractivity contribution in [3.8, 4) is 0 Å². The highest BCUT2D eigenvalue weighted by atomic mass is 31.2. The Morgan fingerprint density at radius 3 is 2.13 bits per heavy atom. The molecule has 0 aliphatic rings. The van der Waals surface area contributed by atoms with Crippen LogP contribution < -0.4 is 4.89 Å². The minimum Gasteiger partial charge on any atom is -0.756 e. The van der Waals surface area contributed by atoms with Crippen molar-refractivity contribution in [3.63, 3.8) is 0 Å². The zero-order valence-corrected chi connectivity index (χ0v) is 25.3. The molecule has 0 aromatic rings. The number of hydrogen-bond acceptors (Lipinski definition) is 8. The smallest absolute Gasteiger partial charge is 0.306 e. The third kappa shape index (κ3) is 24.8. The first-order valence-corrected chi connectivity index (χ1v) is 15.5. The number of phosphoric acid groups is 1. The lowest BCUT2D eigenvalue weighted by Gasteiger charge is -2.28. The summed E-state index contributed by atoms with van der Waals surface area (Å²) in [5.41, 5.74) is 0. The number of phosphoric ester groups is 1. The number of carbonyl (C=O) groups is 2. The van der Waals surface area contributed by atoms with Gasteiger partial charge in [-0.3, -0.25) is 14.2 Å². The van der Waals surface area contributed by atoms with Gasteiger partial charge in [-0.1, -0.05) is 63.8 Å². The normalized spacial score (nSPS) is 14.6. The van der Waals surface area contributed by atoms with E-state index in [4.69, 9.17) is 18.5 Å². The second-order valence-electron chi connectivity index (χ2n) is 10.4. The maximum atomic E-state index is 12.3. The molecule has 10 heteroatoms. The minimum atomic E-state index is -4.59. The van der Waals surface area contributed by atoms with Gasteiger partial charge >= 0.3 is 11.9 Å². The highest BCUT2D eigenvalue weighted by molar-refractivity contribution is 7.45. The summed E-state index contributed by atoms with van der Waals surface area (Å²) >= 11 is 0. The summed E-state index contributed by atoms with van der Waals surface area (Å²) in [6.07, 6.45) is 18.0. The third-order valence-corrected chi connectivity index (χ3v) is 6.39. The second-order valence-corrected chi connectivity index (χ2v) is 11.8. The van der Waals surface area contributed by atoms with Crippen molar-refractivity contribution < 1.29 is 42.1 Å². The summed E-state index contributed by atoms with van der Waals surface area (Å²) in [6, 6.07) is 0. The number of allylic oxidation sites excluding steroid dienone is 4. The molecule has 0 rings (SSSR count). The topological polar surface area (TPSA) is 111 Å². The van der Waals surface area contributed by atoms with Crippen LogP contribution in [0.15, 0.2) is 24.3 Å². The fourth-order valence-corrected chi connectivity index (χ4v) is 3.93. The van der Waals surface area contributed by atoms with Crippen molar-refractivity contribution in [2.24, 2.45) is 0 Å². The Kier molecular flexibility index (Phi) is 21.4. The monoisotopic (exact) mass is 561 g/mol. The molecule has 0 saturated heterocycles. The number of ether oxygens (including phenoxy) is 2. The van der Waals surface area contributed by atoms with E-state index in [0.29, 0.717) is 23.9 Å². The van der Waals surface area contributed by atoms with Crippen LogP contribution in [0.25, 0.3) is 0 Å². The molecule has 0 N–H and O–H groups in total. The summed E-state index contributed by atoms with van der Waals surface area (Å²) in [6.45, 7) is 3.70. The molecule has 0 aromatic carbocycles. The van der Waals surface area contributed by atoms with Gasteiger partial charge < -0.3 is 27.9 Å². The summed E-state index contributed by atoms with van der Waals surface area (Å²) in [5.74, 6) is -0.920. The fraction of sp³-hybridized carbons (Fsp3) is 0.786. The summed E-state index contributed by atoms with van der Waals surface area (Å²) < 4.78 is 32.9. The Labute approximate surface area is 230 Å². The first-order chi connectivity index (χ1) is 18.0. The Hall–Kier alpha value is -1.51. The first kappa shape index (κ1) is 36.5. The molecule has 9 nitrogen and oxygen atoms in total. The van der Waals surface area contributed by atoms with Crippen LogP contribution in [-0.2, 0) is 32.7 Å². The van der Waals surface area contributed by atoms with E-state index in [-0.39, 0.29) is 26.1 Å². The van der Waals surface area contributed by atoms with Crippen LogP contribution in [0.2, 0.25) is 0 Å². The van der Waals surface area contributed by atoms with Gasteiger partial charge in [0.25, 0.3) is 7.82 Å². The van der Waals surface area contributed by atoms with Crippen molar-refractivity contribution in [2.75, 3.05) is 47.5 Å². The number of likely N-dealkylation sites (N-methyl/N-ethyl adjacent to an activating group) is 1. The van der Waals surface area contributed by atoms with Crippen LogP contribution in [-0.4, -0.2) is 70.0 Å². The second kappa shape index (κ2) is 22.3. The number of hydrogen-bond donors (Lipinski definition) is 0. The van der Waals surface area contributed by atoms with Crippen molar-refractivity contribution in [1.29, 1.82) is 0 Å². The number of esters is 2. The lowest BCUT2D eigenvalue weighted by atomic mass is 10.1. The minimum absolute atomic E-state index is 0.0348. The van der Waals surface area contributed by atoms with Crippen LogP contribution in [0.1, 0.15) is 90.9 Å². The van der Waals surface area contributed by atoms with Crippen molar-refractivity contribution in [1.82, 2.24) is 0 Å². The number of unbranched alkanes of at least 4 members (excludes halogenated alkanes) is 6. The predicted molar refractivity (Wildman–Crippen MR) is 148 cm³/mol. The summed E-state index contributed by atoms with van der Waals surface area (Å²) in [4.78, 5) is 36.1.